The summed E-state index contributed by atoms with van der Waals surface area (Å²) in [7, 11) is 0. The quantitative estimate of drug-likeness (QED) is 0.122. The maximum absolute atomic E-state index is 15.0. The fourth-order valence-corrected chi connectivity index (χ4v) is 12.4. The van der Waals surface area contributed by atoms with Gasteiger partial charge >= 0.3 is 0 Å². The first kappa shape index (κ1) is 48.8. The van der Waals surface area contributed by atoms with E-state index in [1.807, 2.05) is 18.2 Å². The summed E-state index contributed by atoms with van der Waals surface area (Å²) < 4.78 is 13.1. The van der Waals surface area contributed by atoms with Crippen molar-refractivity contribution in [2.45, 2.75) is 145 Å². The number of H-pyrrole nitrogens is 3. The van der Waals surface area contributed by atoms with Gasteiger partial charge in [-0.25, -0.2) is 4.99 Å². The predicted octanol–water partition coefficient (Wildman–Crippen LogP) is 13.5. The maximum Gasteiger partial charge on any atom is 0.187 e. The second-order valence-corrected chi connectivity index (χ2v) is 19.8. The number of hydrogen-bond donors (Lipinski definition) is 4. The second kappa shape index (κ2) is 20.7. The molecular formula is C64H72N4O4. The van der Waals surface area contributed by atoms with E-state index in [0.29, 0.717) is 18.8 Å². The molecule has 0 atom stereocenters. The summed E-state index contributed by atoms with van der Waals surface area (Å²) in [6.45, 7) is 19.1. The molecule has 8 heteroatoms. The minimum Gasteiger partial charge on any atom is -0.507 e. The minimum absolute atomic E-state index is 0.0242. The average Bonchev–Trinajstić information content (AvgIpc) is 4.14. The van der Waals surface area contributed by atoms with Gasteiger partial charge in [0.05, 0.1) is 41.4 Å². The Morgan fingerprint density at radius 1 is 0.556 bits per heavy atom. The van der Waals surface area contributed by atoms with Gasteiger partial charge in [0.25, 0.3) is 0 Å². The van der Waals surface area contributed by atoms with Crippen LogP contribution in [0.15, 0.2) is 76.4 Å². The first-order chi connectivity index (χ1) is 35.2. The third kappa shape index (κ3) is 8.44. The number of ketones is 1. The molecule has 0 spiro atoms. The number of phenolic OH excluding ortho intramolecular Hbond substituents is 1. The van der Waals surface area contributed by atoms with Gasteiger partial charge in [0, 0.05) is 39.0 Å². The molecule has 3 aromatic carbocycles. The molecule has 0 fully saturated rings. The van der Waals surface area contributed by atoms with Gasteiger partial charge in [-0.15, -0.1) is 0 Å². The largest absolute Gasteiger partial charge is 0.507 e. The Morgan fingerprint density at radius 3 is 1.76 bits per heavy atom. The molecule has 0 saturated heterocycles. The van der Waals surface area contributed by atoms with Crippen LogP contribution in [0.25, 0.3) is 45.7 Å². The molecule has 11 rings (SSSR count). The van der Waals surface area contributed by atoms with E-state index >= 15 is 4.79 Å². The monoisotopic (exact) mass is 961 g/mol. The highest BCUT2D eigenvalue weighted by molar-refractivity contribution is 6.37. The highest BCUT2D eigenvalue weighted by atomic mass is 16.5. The molecule has 0 unspecified atom stereocenters. The van der Waals surface area contributed by atoms with E-state index in [9.17, 15) is 5.11 Å². The van der Waals surface area contributed by atoms with Crippen LogP contribution in [0, 0.1) is 0 Å². The topological polar surface area (TPSA) is 115 Å². The van der Waals surface area contributed by atoms with Gasteiger partial charge in [0.15, 0.2) is 5.78 Å². The first-order valence-corrected chi connectivity index (χ1v) is 27.3. The molecule has 4 aliphatic heterocycles. The van der Waals surface area contributed by atoms with Gasteiger partial charge in [-0.05, 0) is 179 Å². The van der Waals surface area contributed by atoms with Gasteiger partial charge in [0.2, 0.25) is 0 Å². The highest BCUT2D eigenvalue weighted by Gasteiger charge is 2.34. The number of rotatable bonds is 8. The van der Waals surface area contributed by atoms with Crippen LogP contribution in [0.3, 0.4) is 0 Å². The lowest BCUT2D eigenvalue weighted by Gasteiger charge is -2.21. The predicted molar refractivity (Wildman–Crippen MR) is 298 cm³/mol. The number of carbonyl (C=O) groups is 1. The molecule has 5 aliphatic rings. The van der Waals surface area contributed by atoms with E-state index < -0.39 is 0 Å². The molecule has 0 radical (unpaired) electrons. The third-order valence-corrected chi connectivity index (χ3v) is 15.8. The van der Waals surface area contributed by atoms with Crippen LogP contribution in [0.2, 0.25) is 0 Å². The van der Waals surface area contributed by atoms with E-state index in [1.54, 1.807) is 6.08 Å². The molecule has 14 bridgehead atoms. The number of allylic oxidation sites excluding steroid dienone is 4. The van der Waals surface area contributed by atoms with Crippen LogP contribution in [0.5, 0.6) is 17.2 Å². The zero-order chi connectivity index (χ0) is 50.2. The maximum atomic E-state index is 15.0. The number of aromatic hydroxyl groups is 1. The van der Waals surface area contributed by atoms with Crippen molar-refractivity contribution in [1.82, 2.24) is 15.0 Å². The Morgan fingerprint density at radius 2 is 1.14 bits per heavy atom. The SMILES string of the molecule is CCC1=C(CC)C2=NC1=Cc1[nH]c(c(CC)c1CC)C1=C3C(=O)C=Cc4ccc(cc43)OCCCCCCCCOc3ccc4ccc(O)c(c4c3)/C2=c2/[nH]/c(c(CC)c2CC)=C\c2[nH]c1c(CC)c2CC. The molecule has 1 aliphatic carbocycles. The molecule has 8 nitrogen and oxygen atoms in total. The third-order valence-electron chi connectivity index (χ3n) is 15.8. The fourth-order valence-electron chi connectivity index (χ4n) is 12.4. The summed E-state index contributed by atoms with van der Waals surface area (Å²) in [6.07, 6.45) is 20.8. The van der Waals surface area contributed by atoms with Crippen molar-refractivity contribution in [2.24, 2.45) is 4.99 Å². The van der Waals surface area contributed by atoms with Gasteiger partial charge in [0.1, 0.15) is 17.2 Å². The Labute approximate surface area is 425 Å². The molecule has 3 aromatic heterocycles. The zero-order valence-corrected chi connectivity index (χ0v) is 43.9. The standard InChI is InChI=1S/C64H72N4O4/c1-9-41-45(13-5)61-59-57-49-33-39(27-23-37(49)25-29-55(57)69)71-31-21-19-17-18-20-22-32-72-40-28-24-38-26-30-56(70)58(50(38)34-40)60(63-46(14-6)42(10-2)52(66-63)35-51(41)65-61)64-48(16-8)44(12-4)54(68-64)36-53-43(11-3)47(15-7)62(59)67-53/h23-30,33-36,65-67,70H,9-22,31-32H2,1-8H3/b52-35-,54-36?,59-57?,63-60-. The number of carbonyl (C=O) groups excluding carboxylic acids is 1. The highest BCUT2D eigenvalue weighted by Crippen LogP contribution is 2.45. The molecule has 372 valence electrons. The van der Waals surface area contributed by atoms with Crippen LogP contribution in [-0.4, -0.2) is 44.8 Å². The number of fused-ring (bicyclic) bond motifs is 9. The van der Waals surface area contributed by atoms with Crippen LogP contribution in [-0.2, 0) is 43.3 Å². The summed E-state index contributed by atoms with van der Waals surface area (Å²) >= 11 is 0. The van der Waals surface area contributed by atoms with Crippen molar-refractivity contribution >= 4 is 57.2 Å². The Hall–Kier alpha value is -6.80. The Kier molecular flexibility index (Phi) is 14.1. The number of phenols is 1. The number of aromatic nitrogens is 3. The average molecular weight is 961 g/mol. The van der Waals surface area contributed by atoms with Gasteiger partial charge in [-0.3, -0.25) is 4.79 Å². The number of ether oxygens (including phenoxy) is 2. The van der Waals surface area contributed by atoms with Gasteiger partial charge in [-0.2, -0.15) is 0 Å². The molecule has 7 heterocycles. The first-order valence-electron chi connectivity index (χ1n) is 27.3. The molecule has 72 heavy (non-hydrogen) atoms. The van der Waals surface area contributed by atoms with Crippen LogP contribution in [0.1, 0.15) is 180 Å². The lowest BCUT2D eigenvalue weighted by atomic mass is 9.83. The van der Waals surface area contributed by atoms with Crippen LogP contribution >= 0.6 is 0 Å². The van der Waals surface area contributed by atoms with Crippen molar-refractivity contribution in [2.75, 3.05) is 13.2 Å². The summed E-state index contributed by atoms with van der Waals surface area (Å²) in [5, 5.41) is 16.4. The second-order valence-electron chi connectivity index (χ2n) is 19.8. The molecule has 6 aromatic rings. The van der Waals surface area contributed by atoms with E-state index in [2.05, 4.69) is 119 Å². The number of aliphatic imine (C=N–C) groups is 1. The van der Waals surface area contributed by atoms with E-state index in [-0.39, 0.29) is 11.5 Å². The normalized spacial score (nSPS) is 17.4. The molecule has 0 amide bonds. The number of nitrogens with zero attached hydrogens (tertiary/aromatic N) is 1. The minimum atomic E-state index is -0.0242. The molecular weight excluding hydrogens is 889 g/mol. The van der Waals surface area contributed by atoms with E-state index in [0.717, 1.165) is 185 Å². The summed E-state index contributed by atoms with van der Waals surface area (Å²) in [5.74, 6) is 1.75. The smallest absolute Gasteiger partial charge is 0.187 e. The Bertz CT molecular complexity index is 3430. The zero-order valence-electron chi connectivity index (χ0n) is 43.9. The van der Waals surface area contributed by atoms with E-state index in [4.69, 9.17) is 14.5 Å². The number of benzene rings is 3. The van der Waals surface area contributed by atoms with Crippen molar-refractivity contribution in [3.05, 3.63) is 155 Å². The Balaban J connectivity index is 1.42. The van der Waals surface area contributed by atoms with Crippen molar-refractivity contribution in [1.29, 1.82) is 0 Å². The number of hydrogen-bond acceptors (Lipinski definition) is 5. The molecule has 4 N–H and O–H groups in total. The number of nitrogens with one attached hydrogen (secondary N) is 3. The molecule has 0 saturated carbocycles. The van der Waals surface area contributed by atoms with Crippen LogP contribution < -0.4 is 20.2 Å². The van der Waals surface area contributed by atoms with Gasteiger partial charge in [-0.1, -0.05) is 105 Å². The van der Waals surface area contributed by atoms with E-state index in [1.165, 1.54) is 44.5 Å². The van der Waals surface area contributed by atoms with Crippen molar-refractivity contribution < 1.29 is 19.4 Å². The fraction of sp³-hybridized carbons (Fsp3) is 0.375. The summed E-state index contributed by atoms with van der Waals surface area (Å²) in [4.78, 5) is 33.0. The van der Waals surface area contributed by atoms with Crippen molar-refractivity contribution in [3.8, 4) is 17.2 Å². The lowest BCUT2D eigenvalue weighted by Crippen LogP contribution is -2.22. The van der Waals surface area contributed by atoms with Gasteiger partial charge < -0.3 is 29.5 Å². The number of aromatic amines is 3. The summed E-state index contributed by atoms with van der Waals surface area (Å²) in [5.41, 5.74) is 20.5. The van der Waals surface area contributed by atoms with Crippen LogP contribution in [0.4, 0.5) is 0 Å². The van der Waals surface area contributed by atoms with Crippen molar-refractivity contribution in [3.63, 3.8) is 0 Å². The summed E-state index contributed by atoms with van der Waals surface area (Å²) in [6, 6.07) is 16.5. The lowest BCUT2D eigenvalue weighted by molar-refractivity contribution is -0.109.